The minimum absolute atomic E-state index is 0.291. The zero-order chi connectivity index (χ0) is 14.6. The van der Waals surface area contributed by atoms with Gasteiger partial charge in [0.25, 0.3) is 0 Å². The summed E-state index contributed by atoms with van der Waals surface area (Å²) in [4.78, 5) is 10.7. The van der Waals surface area contributed by atoms with Crippen LogP contribution in [0.3, 0.4) is 0 Å². The van der Waals surface area contributed by atoms with E-state index in [9.17, 15) is 4.79 Å². The maximum absolute atomic E-state index is 10.7. The fourth-order valence-corrected chi connectivity index (χ4v) is 1.98. The lowest BCUT2D eigenvalue weighted by atomic mass is 10.1. The van der Waals surface area contributed by atoms with Gasteiger partial charge in [-0.2, -0.15) is 0 Å². The Kier molecular flexibility index (Phi) is 8.47. The van der Waals surface area contributed by atoms with Crippen molar-refractivity contribution < 1.29 is 19.4 Å². The maximum atomic E-state index is 10.7. The van der Waals surface area contributed by atoms with Crippen molar-refractivity contribution in [2.75, 3.05) is 20.3 Å². The van der Waals surface area contributed by atoms with E-state index in [4.69, 9.17) is 14.6 Å². The van der Waals surface area contributed by atoms with Gasteiger partial charge in [-0.15, -0.1) is 0 Å². The smallest absolute Gasteiger partial charge is 0.161 e. The molecule has 1 rings (SSSR count). The van der Waals surface area contributed by atoms with E-state index in [0.29, 0.717) is 30.3 Å². The van der Waals surface area contributed by atoms with Crippen molar-refractivity contribution in [1.29, 1.82) is 0 Å². The molecule has 0 aliphatic carbocycles. The number of carbonyl (C=O) groups is 1. The van der Waals surface area contributed by atoms with Crippen LogP contribution < -0.4 is 9.47 Å². The average Bonchev–Trinajstić information content (AvgIpc) is 2.50. The number of aliphatic hydroxyl groups excluding tert-OH is 1. The number of hydrogen-bond donors (Lipinski definition) is 1. The van der Waals surface area contributed by atoms with Crippen molar-refractivity contribution in [3.63, 3.8) is 0 Å². The van der Waals surface area contributed by atoms with Gasteiger partial charge in [0.15, 0.2) is 11.5 Å². The number of rotatable bonds is 11. The number of hydrogen-bond acceptors (Lipinski definition) is 4. The number of benzene rings is 1. The second kappa shape index (κ2) is 10.3. The lowest BCUT2D eigenvalue weighted by Crippen LogP contribution is -2.00. The molecule has 1 aromatic carbocycles. The molecule has 0 unspecified atom stereocenters. The molecule has 0 aliphatic heterocycles. The SMILES string of the molecule is COc1cc(C=O)ccc1OCCCCCCCCO. The first-order valence-electron chi connectivity index (χ1n) is 7.18. The van der Waals surface area contributed by atoms with E-state index >= 15 is 0 Å². The Morgan fingerprint density at radius 1 is 1.05 bits per heavy atom. The van der Waals surface area contributed by atoms with Gasteiger partial charge in [0, 0.05) is 12.2 Å². The van der Waals surface area contributed by atoms with Crippen LogP contribution in [0.25, 0.3) is 0 Å². The zero-order valence-corrected chi connectivity index (χ0v) is 12.1. The largest absolute Gasteiger partial charge is 0.493 e. The first kappa shape index (κ1) is 16.5. The van der Waals surface area contributed by atoms with Crippen LogP contribution in [0.1, 0.15) is 48.9 Å². The first-order valence-corrected chi connectivity index (χ1v) is 7.18. The minimum Gasteiger partial charge on any atom is -0.493 e. The summed E-state index contributed by atoms with van der Waals surface area (Å²) in [7, 11) is 1.57. The van der Waals surface area contributed by atoms with Gasteiger partial charge >= 0.3 is 0 Å². The topological polar surface area (TPSA) is 55.8 Å². The molecule has 0 radical (unpaired) electrons. The van der Waals surface area contributed by atoms with E-state index in [2.05, 4.69) is 0 Å². The lowest BCUT2D eigenvalue weighted by molar-refractivity contribution is 0.112. The quantitative estimate of drug-likeness (QED) is 0.499. The number of carbonyl (C=O) groups excluding carboxylic acids is 1. The molecule has 1 N–H and O–H groups in total. The van der Waals surface area contributed by atoms with Crippen LogP contribution in [0.2, 0.25) is 0 Å². The summed E-state index contributed by atoms with van der Waals surface area (Å²) in [6.07, 6.45) is 7.24. The van der Waals surface area contributed by atoms with E-state index < -0.39 is 0 Å². The van der Waals surface area contributed by atoms with Crippen LogP contribution in [0.4, 0.5) is 0 Å². The third kappa shape index (κ3) is 6.06. The number of unbranched alkanes of at least 4 members (excludes halogenated alkanes) is 5. The van der Waals surface area contributed by atoms with Crippen molar-refractivity contribution in [3.8, 4) is 11.5 Å². The van der Waals surface area contributed by atoms with E-state index in [1.807, 2.05) is 0 Å². The Bertz CT molecular complexity index is 390. The number of aliphatic hydroxyl groups is 1. The van der Waals surface area contributed by atoms with E-state index in [-0.39, 0.29) is 0 Å². The van der Waals surface area contributed by atoms with Gasteiger partial charge in [-0.3, -0.25) is 4.79 Å². The molecule has 0 saturated heterocycles. The Labute approximate surface area is 120 Å². The van der Waals surface area contributed by atoms with Crippen molar-refractivity contribution in [3.05, 3.63) is 23.8 Å². The summed E-state index contributed by atoms with van der Waals surface area (Å²) in [6.45, 7) is 0.941. The summed E-state index contributed by atoms with van der Waals surface area (Å²) < 4.78 is 10.9. The number of ether oxygens (including phenoxy) is 2. The molecule has 0 aromatic heterocycles. The third-order valence-corrected chi connectivity index (χ3v) is 3.13. The summed E-state index contributed by atoms with van der Waals surface area (Å²) in [6, 6.07) is 5.17. The van der Waals surface area contributed by atoms with Crippen molar-refractivity contribution in [2.24, 2.45) is 0 Å². The molecule has 112 valence electrons. The average molecular weight is 280 g/mol. The predicted octanol–water partition coefficient (Wildman–Crippen LogP) is 3.22. The third-order valence-electron chi connectivity index (χ3n) is 3.13. The van der Waals surface area contributed by atoms with Crippen molar-refractivity contribution >= 4 is 6.29 Å². The molecule has 0 heterocycles. The number of methoxy groups -OCH3 is 1. The monoisotopic (exact) mass is 280 g/mol. The van der Waals surface area contributed by atoms with Crippen molar-refractivity contribution in [1.82, 2.24) is 0 Å². The van der Waals surface area contributed by atoms with Gasteiger partial charge in [0.1, 0.15) is 6.29 Å². The summed E-state index contributed by atoms with van der Waals surface area (Å²) in [5.74, 6) is 1.27. The van der Waals surface area contributed by atoms with E-state index in [1.54, 1.807) is 25.3 Å². The molecule has 0 aliphatic rings. The molecular formula is C16H24O4. The Morgan fingerprint density at radius 3 is 2.40 bits per heavy atom. The Balaban J connectivity index is 2.23. The van der Waals surface area contributed by atoms with Crippen LogP contribution in [0, 0.1) is 0 Å². The second-order valence-corrected chi connectivity index (χ2v) is 4.72. The highest BCUT2D eigenvalue weighted by molar-refractivity contribution is 5.76. The highest BCUT2D eigenvalue weighted by Crippen LogP contribution is 2.27. The molecule has 0 amide bonds. The summed E-state index contributed by atoms with van der Waals surface area (Å²) in [5.41, 5.74) is 0.582. The van der Waals surface area contributed by atoms with Gasteiger partial charge in [-0.05, 0) is 31.0 Å². The molecule has 0 atom stereocenters. The number of aldehydes is 1. The van der Waals surface area contributed by atoms with E-state index in [1.165, 1.54) is 6.42 Å². The fraction of sp³-hybridized carbons (Fsp3) is 0.562. The Hall–Kier alpha value is -1.55. The highest BCUT2D eigenvalue weighted by atomic mass is 16.5. The Morgan fingerprint density at radius 2 is 1.75 bits per heavy atom. The molecular weight excluding hydrogens is 256 g/mol. The lowest BCUT2D eigenvalue weighted by Gasteiger charge is -2.10. The molecule has 0 fully saturated rings. The molecule has 4 nitrogen and oxygen atoms in total. The molecule has 0 saturated carbocycles. The van der Waals surface area contributed by atoms with Crippen LogP contribution in [0.5, 0.6) is 11.5 Å². The highest BCUT2D eigenvalue weighted by Gasteiger charge is 2.05. The summed E-state index contributed by atoms with van der Waals surface area (Å²) >= 11 is 0. The van der Waals surface area contributed by atoms with Crippen LogP contribution in [0.15, 0.2) is 18.2 Å². The zero-order valence-electron chi connectivity index (χ0n) is 12.1. The van der Waals surface area contributed by atoms with Gasteiger partial charge in [-0.25, -0.2) is 0 Å². The maximum Gasteiger partial charge on any atom is 0.161 e. The minimum atomic E-state index is 0.291. The molecule has 0 bridgehead atoms. The van der Waals surface area contributed by atoms with Gasteiger partial charge in [0.2, 0.25) is 0 Å². The normalized spacial score (nSPS) is 10.3. The van der Waals surface area contributed by atoms with Gasteiger partial charge < -0.3 is 14.6 Å². The van der Waals surface area contributed by atoms with Gasteiger partial charge in [0.05, 0.1) is 13.7 Å². The summed E-state index contributed by atoms with van der Waals surface area (Å²) in [5, 5.41) is 8.67. The predicted molar refractivity (Wildman–Crippen MR) is 78.7 cm³/mol. The molecule has 1 aromatic rings. The van der Waals surface area contributed by atoms with Gasteiger partial charge in [-0.1, -0.05) is 25.7 Å². The molecule has 0 spiro atoms. The van der Waals surface area contributed by atoms with Crippen molar-refractivity contribution in [2.45, 2.75) is 38.5 Å². The molecule has 4 heteroatoms. The second-order valence-electron chi connectivity index (χ2n) is 4.72. The standard InChI is InChI=1S/C16H24O4/c1-19-16-12-14(13-18)8-9-15(16)20-11-7-5-3-2-4-6-10-17/h8-9,12-13,17H,2-7,10-11H2,1H3. The fourth-order valence-electron chi connectivity index (χ4n) is 1.98. The van der Waals surface area contributed by atoms with Crippen LogP contribution in [-0.2, 0) is 0 Å². The first-order chi connectivity index (χ1) is 9.81. The molecule has 20 heavy (non-hydrogen) atoms. The van der Waals surface area contributed by atoms with Crippen LogP contribution in [-0.4, -0.2) is 31.7 Å². The van der Waals surface area contributed by atoms with Crippen LogP contribution >= 0.6 is 0 Å². The van der Waals surface area contributed by atoms with E-state index in [0.717, 1.165) is 38.4 Å².